The van der Waals surface area contributed by atoms with Gasteiger partial charge in [-0.2, -0.15) is 13.9 Å². The van der Waals surface area contributed by atoms with E-state index in [4.69, 9.17) is 0 Å². The number of alkyl halides is 2. The lowest BCUT2D eigenvalue weighted by Gasteiger charge is -2.17. The summed E-state index contributed by atoms with van der Waals surface area (Å²) < 4.78 is 30.7. The Morgan fingerprint density at radius 1 is 1.35 bits per heavy atom. The number of hydrogen-bond donors (Lipinski definition) is 1. The molecule has 1 N–H and O–H groups in total. The van der Waals surface area contributed by atoms with Crippen LogP contribution in [0.25, 0.3) is 0 Å². The van der Waals surface area contributed by atoms with Gasteiger partial charge in [0.1, 0.15) is 5.75 Å². The molecule has 20 heavy (non-hydrogen) atoms. The summed E-state index contributed by atoms with van der Waals surface area (Å²) in [4.78, 5) is 0. The minimum atomic E-state index is -2.82. The molecule has 0 fully saturated rings. The molecule has 2 rings (SSSR count). The lowest BCUT2D eigenvalue weighted by molar-refractivity contribution is -0.0498. The standard InChI is InChI=1S/C14H17F2N3O/c1-3-17-13(11-8-18-19(2)9-11)10-5-4-6-12(7-10)20-14(15)16/h4-9,13-14,17H,3H2,1-2H3. The number of ether oxygens (including phenoxy) is 1. The summed E-state index contributed by atoms with van der Waals surface area (Å²) >= 11 is 0. The van der Waals surface area contributed by atoms with E-state index in [0.717, 1.165) is 17.7 Å². The molecule has 1 heterocycles. The number of rotatable bonds is 6. The Balaban J connectivity index is 2.29. The first kappa shape index (κ1) is 14.5. The lowest BCUT2D eigenvalue weighted by Crippen LogP contribution is -2.21. The van der Waals surface area contributed by atoms with Crippen molar-refractivity contribution in [3.05, 3.63) is 47.8 Å². The Morgan fingerprint density at radius 2 is 2.15 bits per heavy atom. The van der Waals surface area contributed by atoms with Crippen molar-refractivity contribution in [2.45, 2.75) is 19.6 Å². The van der Waals surface area contributed by atoms with Gasteiger partial charge in [0.15, 0.2) is 0 Å². The minimum absolute atomic E-state index is 0.102. The quantitative estimate of drug-likeness (QED) is 0.885. The highest BCUT2D eigenvalue weighted by Crippen LogP contribution is 2.25. The Labute approximate surface area is 116 Å². The van der Waals surface area contributed by atoms with E-state index in [1.54, 1.807) is 23.0 Å². The maximum absolute atomic E-state index is 12.3. The fraction of sp³-hybridized carbons (Fsp3) is 0.357. The van der Waals surface area contributed by atoms with Gasteiger partial charge < -0.3 is 10.1 Å². The van der Waals surface area contributed by atoms with Crippen LogP contribution in [0.5, 0.6) is 5.75 Å². The van der Waals surface area contributed by atoms with Crippen LogP contribution in [0.2, 0.25) is 0 Å². The van der Waals surface area contributed by atoms with Crippen LogP contribution < -0.4 is 10.1 Å². The Morgan fingerprint density at radius 3 is 2.75 bits per heavy atom. The monoisotopic (exact) mass is 281 g/mol. The second-order valence-electron chi connectivity index (χ2n) is 4.39. The normalized spacial score (nSPS) is 12.7. The van der Waals surface area contributed by atoms with Gasteiger partial charge in [-0.25, -0.2) is 0 Å². The van der Waals surface area contributed by atoms with Gasteiger partial charge in [-0.05, 0) is 24.2 Å². The molecule has 0 bridgehead atoms. The summed E-state index contributed by atoms with van der Waals surface area (Å²) in [6, 6.07) is 6.61. The van der Waals surface area contributed by atoms with E-state index < -0.39 is 6.61 Å². The molecule has 0 saturated heterocycles. The molecule has 1 atom stereocenters. The van der Waals surface area contributed by atoms with Gasteiger partial charge in [0.2, 0.25) is 0 Å². The molecule has 4 nitrogen and oxygen atoms in total. The van der Waals surface area contributed by atoms with Crippen molar-refractivity contribution >= 4 is 0 Å². The smallest absolute Gasteiger partial charge is 0.387 e. The molecule has 0 amide bonds. The molecule has 1 aromatic carbocycles. The number of halogens is 2. The second-order valence-corrected chi connectivity index (χ2v) is 4.39. The van der Waals surface area contributed by atoms with E-state index in [-0.39, 0.29) is 11.8 Å². The maximum atomic E-state index is 12.3. The first-order chi connectivity index (χ1) is 9.60. The first-order valence-corrected chi connectivity index (χ1v) is 6.37. The van der Waals surface area contributed by atoms with Gasteiger partial charge >= 0.3 is 6.61 Å². The predicted octanol–water partition coefficient (Wildman–Crippen LogP) is 2.72. The summed E-state index contributed by atoms with van der Waals surface area (Å²) in [7, 11) is 1.84. The van der Waals surface area contributed by atoms with E-state index in [1.165, 1.54) is 6.07 Å². The minimum Gasteiger partial charge on any atom is -0.435 e. The number of nitrogens with zero attached hydrogens (tertiary/aromatic N) is 2. The van der Waals surface area contributed by atoms with E-state index in [2.05, 4.69) is 15.2 Å². The van der Waals surface area contributed by atoms with Crippen molar-refractivity contribution in [2.24, 2.45) is 7.05 Å². The summed E-state index contributed by atoms with van der Waals surface area (Å²) in [5, 5.41) is 7.45. The van der Waals surface area contributed by atoms with Crippen LogP contribution in [0.4, 0.5) is 8.78 Å². The molecular weight excluding hydrogens is 264 g/mol. The molecule has 2 aromatic rings. The van der Waals surface area contributed by atoms with Crippen LogP contribution in [0.1, 0.15) is 24.1 Å². The van der Waals surface area contributed by atoms with Gasteiger partial charge in [0, 0.05) is 18.8 Å². The van der Waals surface area contributed by atoms with Gasteiger partial charge in [0.05, 0.1) is 12.2 Å². The lowest BCUT2D eigenvalue weighted by atomic mass is 10.0. The third-order valence-electron chi connectivity index (χ3n) is 2.88. The molecule has 6 heteroatoms. The highest BCUT2D eigenvalue weighted by Gasteiger charge is 2.16. The topological polar surface area (TPSA) is 39.1 Å². The van der Waals surface area contributed by atoms with Crippen molar-refractivity contribution in [3.63, 3.8) is 0 Å². The largest absolute Gasteiger partial charge is 0.435 e. The summed E-state index contributed by atoms with van der Waals surface area (Å²) in [6.07, 6.45) is 3.65. The Bertz CT molecular complexity index is 557. The molecule has 0 radical (unpaired) electrons. The molecule has 0 aliphatic rings. The zero-order valence-corrected chi connectivity index (χ0v) is 11.4. The molecule has 0 spiro atoms. The maximum Gasteiger partial charge on any atom is 0.387 e. The zero-order chi connectivity index (χ0) is 14.5. The van der Waals surface area contributed by atoms with E-state index in [0.29, 0.717) is 0 Å². The van der Waals surface area contributed by atoms with Crippen LogP contribution in [-0.4, -0.2) is 22.9 Å². The second kappa shape index (κ2) is 6.47. The summed E-state index contributed by atoms with van der Waals surface area (Å²) in [6.45, 7) is -0.0798. The van der Waals surface area contributed by atoms with Crippen LogP contribution in [0.3, 0.4) is 0 Å². The van der Waals surface area contributed by atoms with Crippen LogP contribution in [-0.2, 0) is 7.05 Å². The van der Waals surface area contributed by atoms with Gasteiger partial charge in [-0.1, -0.05) is 19.1 Å². The number of nitrogens with one attached hydrogen (secondary N) is 1. The molecule has 0 saturated carbocycles. The molecule has 0 aliphatic heterocycles. The number of aryl methyl sites for hydroxylation is 1. The van der Waals surface area contributed by atoms with Crippen molar-refractivity contribution in [1.29, 1.82) is 0 Å². The molecule has 0 aliphatic carbocycles. The first-order valence-electron chi connectivity index (χ1n) is 6.37. The molecule has 108 valence electrons. The fourth-order valence-corrected chi connectivity index (χ4v) is 2.09. The van der Waals surface area contributed by atoms with Crippen LogP contribution in [0.15, 0.2) is 36.7 Å². The molecule has 1 unspecified atom stereocenters. The molecular formula is C14H17F2N3O. The van der Waals surface area contributed by atoms with Crippen molar-refractivity contribution in [3.8, 4) is 5.75 Å². The number of aromatic nitrogens is 2. The van der Waals surface area contributed by atoms with Crippen molar-refractivity contribution in [1.82, 2.24) is 15.1 Å². The van der Waals surface area contributed by atoms with Gasteiger partial charge in [0.25, 0.3) is 0 Å². The predicted molar refractivity (Wildman–Crippen MR) is 71.8 cm³/mol. The summed E-state index contributed by atoms with van der Waals surface area (Å²) in [5.41, 5.74) is 1.83. The summed E-state index contributed by atoms with van der Waals surface area (Å²) in [5.74, 6) is 0.157. The van der Waals surface area contributed by atoms with Crippen molar-refractivity contribution in [2.75, 3.05) is 6.54 Å². The Hall–Kier alpha value is -1.95. The third kappa shape index (κ3) is 3.54. The highest BCUT2D eigenvalue weighted by atomic mass is 19.3. The Kier molecular flexibility index (Phi) is 4.68. The number of hydrogen-bond acceptors (Lipinski definition) is 3. The molecule has 1 aromatic heterocycles. The van der Waals surface area contributed by atoms with Crippen LogP contribution in [0, 0.1) is 0 Å². The average molecular weight is 281 g/mol. The third-order valence-corrected chi connectivity index (χ3v) is 2.88. The average Bonchev–Trinajstić information content (AvgIpc) is 2.82. The van der Waals surface area contributed by atoms with Gasteiger partial charge in [-0.3, -0.25) is 4.68 Å². The highest BCUT2D eigenvalue weighted by molar-refractivity contribution is 5.35. The van der Waals surface area contributed by atoms with E-state index in [9.17, 15) is 8.78 Å². The van der Waals surface area contributed by atoms with Crippen molar-refractivity contribution < 1.29 is 13.5 Å². The van der Waals surface area contributed by atoms with Crippen LogP contribution >= 0.6 is 0 Å². The van der Waals surface area contributed by atoms with Gasteiger partial charge in [-0.15, -0.1) is 0 Å². The van der Waals surface area contributed by atoms with E-state index in [1.807, 2.05) is 26.2 Å². The van der Waals surface area contributed by atoms with E-state index >= 15 is 0 Å². The SMILES string of the molecule is CCNC(c1cccc(OC(F)F)c1)c1cnn(C)c1. The number of benzene rings is 1. The fourth-order valence-electron chi connectivity index (χ4n) is 2.09. The zero-order valence-electron chi connectivity index (χ0n) is 11.4.